The van der Waals surface area contributed by atoms with E-state index in [9.17, 15) is 27.2 Å². The van der Waals surface area contributed by atoms with Gasteiger partial charge < -0.3 is 9.47 Å². The van der Waals surface area contributed by atoms with Crippen molar-refractivity contribution >= 4 is 11.8 Å². The molecule has 126 valence electrons. The maximum Gasteiger partial charge on any atom is 0.345 e. The van der Waals surface area contributed by atoms with E-state index in [-0.39, 0.29) is 13.2 Å². The minimum Gasteiger partial charge on any atom is -0.500 e. The van der Waals surface area contributed by atoms with Crippen molar-refractivity contribution in [3.8, 4) is 0 Å². The Hall–Kier alpha value is -2.38. The monoisotopic (exact) mass is 334 g/mol. The zero-order valence-electron chi connectivity index (χ0n) is 12.6. The lowest BCUT2D eigenvalue weighted by Gasteiger charge is -2.11. The highest BCUT2D eigenvalue weighted by atomic mass is 19.2. The van der Waals surface area contributed by atoms with Crippen molar-refractivity contribution < 1.29 is 36.6 Å². The van der Waals surface area contributed by atoms with Crippen LogP contribution in [0.1, 0.15) is 29.8 Å². The van der Waals surface area contributed by atoms with Crippen LogP contribution in [-0.2, 0) is 14.3 Å². The van der Waals surface area contributed by atoms with E-state index < -0.39 is 51.7 Å². The van der Waals surface area contributed by atoms with Crippen LogP contribution in [0.3, 0.4) is 0 Å². The topological polar surface area (TPSA) is 52.6 Å². The van der Waals surface area contributed by atoms with Gasteiger partial charge in [-0.05, 0) is 20.8 Å². The molecule has 1 aromatic carbocycles. The molecule has 1 rings (SSSR count). The van der Waals surface area contributed by atoms with Crippen molar-refractivity contribution in [3.05, 3.63) is 46.2 Å². The van der Waals surface area contributed by atoms with Crippen molar-refractivity contribution in [3.63, 3.8) is 0 Å². The van der Waals surface area contributed by atoms with Crippen LogP contribution in [-0.4, -0.2) is 25.0 Å². The van der Waals surface area contributed by atoms with Crippen LogP contribution in [0.15, 0.2) is 11.8 Å². The van der Waals surface area contributed by atoms with Crippen molar-refractivity contribution in [1.29, 1.82) is 0 Å². The number of carbonyl (C=O) groups excluding carboxylic acids is 2. The van der Waals surface area contributed by atoms with E-state index in [2.05, 4.69) is 4.74 Å². The second-order valence-electron chi connectivity index (χ2n) is 4.29. The summed E-state index contributed by atoms with van der Waals surface area (Å²) in [6, 6.07) is 0. The molecule has 0 aliphatic heterocycles. The SMILES string of the molecule is CCOC=C(C(=O)OCC)C(=O)c1c(C)c(F)c(F)c(F)c1F. The highest BCUT2D eigenvalue weighted by molar-refractivity contribution is 6.24. The summed E-state index contributed by atoms with van der Waals surface area (Å²) in [5, 5.41) is 0. The van der Waals surface area contributed by atoms with Crippen LogP contribution >= 0.6 is 0 Å². The molecule has 0 aromatic heterocycles. The van der Waals surface area contributed by atoms with Crippen molar-refractivity contribution in [1.82, 2.24) is 0 Å². The second-order valence-corrected chi connectivity index (χ2v) is 4.29. The van der Waals surface area contributed by atoms with Gasteiger partial charge in [0.05, 0.1) is 18.8 Å². The van der Waals surface area contributed by atoms with Crippen molar-refractivity contribution in [2.45, 2.75) is 20.8 Å². The fourth-order valence-corrected chi connectivity index (χ4v) is 1.72. The van der Waals surface area contributed by atoms with Crippen LogP contribution in [0, 0.1) is 30.2 Å². The minimum absolute atomic E-state index is 0.0732. The Morgan fingerprint density at radius 2 is 1.52 bits per heavy atom. The average Bonchev–Trinajstić information content (AvgIpc) is 2.52. The summed E-state index contributed by atoms with van der Waals surface area (Å²) in [4.78, 5) is 24.0. The highest BCUT2D eigenvalue weighted by Crippen LogP contribution is 2.26. The summed E-state index contributed by atoms with van der Waals surface area (Å²) in [6.45, 7) is 3.88. The molecule has 8 heteroatoms. The predicted molar refractivity (Wildman–Crippen MR) is 71.7 cm³/mol. The summed E-state index contributed by atoms with van der Waals surface area (Å²) in [5.74, 6) is -10.3. The molecule has 0 saturated heterocycles. The molecule has 0 aliphatic carbocycles. The maximum absolute atomic E-state index is 13.9. The number of hydrogen-bond donors (Lipinski definition) is 0. The molecule has 0 unspecified atom stereocenters. The summed E-state index contributed by atoms with van der Waals surface area (Å²) >= 11 is 0. The van der Waals surface area contributed by atoms with Crippen LogP contribution in [0.5, 0.6) is 0 Å². The molecule has 0 N–H and O–H groups in total. The number of rotatable bonds is 6. The van der Waals surface area contributed by atoms with E-state index >= 15 is 0 Å². The van der Waals surface area contributed by atoms with Crippen LogP contribution in [0.4, 0.5) is 17.6 Å². The molecule has 0 heterocycles. The number of carbonyl (C=O) groups is 2. The Morgan fingerprint density at radius 3 is 2.04 bits per heavy atom. The van der Waals surface area contributed by atoms with E-state index in [1.165, 1.54) is 6.92 Å². The lowest BCUT2D eigenvalue weighted by atomic mass is 9.98. The van der Waals surface area contributed by atoms with E-state index in [0.717, 1.165) is 6.92 Å². The van der Waals surface area contributed by atoms with Crippen molar-refractivity contribution in [2.75, 3.05) is 13.2 Å². The van der Waals surface area contributed by atoms with Gasteiger partial charge in [-0.15, -0.1) is 0 Å². The normalized spacial score (nSPS) is 11.3. The molecule has 0 radical (unpaired) electrons. The molecule has 4 nitrogen and oxygen atoms in total. The lowest BCUT2D eigenvalue weighted by Crippen LogP contribution is -2.20. The Balaban J connectivity index is 3.49. The molecule has 0 bridgehead atoms. The summed E-state index contributed by atoms with van der Waals surface area (Å²) < 4.78 is 63.3. The minimum atomic E-state index is -2.14. The van der Waals surface area contributed by atoms with Gasteiger partial charge in [-0.2, -0.15) is 0 Å². The molecule has 0 atom stereocenters. The Bertz CT molecular complexity index is 639. The lowest BCUT2D eigenvalue weighted by molar-refractivity contribution is -0.138. The zero-order valence-corrected chi connectivity index (χ0v) is 12.6. The third-order valence-corrected chi connectivity index (χ3v) is 2.84. The van der Waals surface area contributed by atoms with Gasteiger partial charge in [0, 0.05) is 5.56 Å². The first-order chi connectivity index (χ1) is 10.8. The molecular weight excluding hydrogens is 320 g/mol. The third-order valence-electron chi connectivity index (χ3n) is 2.84. The van der Waals surface area contributed by atoms with Crippen LogP contribution in [0.25, 0.3) is 0 Å². The van der Waals surface area contributed by atoms with Gasteiger partial charge in [-0.3, -0.25) is 4.79 Å². The molecule has 0 fully saturated rings. The highest BCUT2D eigenvalue weighted by Gasteiger charge is 2.31. The van der Waals surface area contributed by atoms with Gasteiger partial charge in [0.1, 0.15) is 11.8 Å². The predicted octanol–water partition coefficient (Wildman–Crippen LogP) is 3.22. The van der Waals surface area contributed by atoms with Crippen LogP contribution in [0.2, 0.25) is 0 Å². The summed E-state index contributed by atoms with van der Waals surface area (Å²) in [5.41, 5.74) is -2.63. The van der Waals surface area contributed by atoms with Crippen molar-refractivity contribution in [2.24, 2.45) is 0 Å². The fourth-order valence-electron chi connectivity index (χ4n) is 1.72. The number of hydrogen-bond acceptors (Lipinski definition) is 4. The van der Waals surface area contributed by atoms with E-state index in [1.54, 1.807) is 6.92 Å². The van der Waals surface area contributed by atoms with Gasteiger partial charge in [-0.1, -0.05) is 0 Å². The van der Waals surface area contributed by atoms with E-state index in [0.29, 0.717) is 6.26 Å². The average molecular weight is 334 g/mol. The van der Waals surface area contributed by atoms with Crippen LogP contribution < -0.4 is 0 Å². The summed E-state index contributed by atoms with van der Waals surface area (Å²) in [7, 11) is 0. The van der Waals surface area contributed by atoms with Gasteiger partial charge >= 0.3 is 5.97 Å². The second kappa shape index (κ2) is 7.75. The first kappa shape index (κ1) is 18.7. The number of benzene rings is 1. The molecular formula is C15H14F4O4. The first-order valence-corrected chi connectivity index (χ1v) is 6.63. The standard InChI is InChI=1S/C15H14F4O4/c1-4-22-6-8(15(21)23-5-2)14(20)9-7(3)10(16)12(18)13(19)11(9)17/h6H,4-5H2,1-3H3. The van der Waals surface area contributed by atoms with Gasteiger partial charge in [-0.25, -0.2) is 22.4 Å². The largest absolute Gasteiger partial charge is 0.500 e. The number of ketones is 1. The number of esters is 1. The maximum atomic E-state index is 13.9. The van der Waals surface area contributed by atoms with Gasteiger partial charge in [0.25, 0.3) is 0 Å². The van der Waals surface area contributed by atoms with E-state index in [4.69, 9.17) is 4.74 Å². The fraction of sp³-hybridized carbons (Fsp3) is 0.333. The van der Waals surface area contributed by atoms with Gasteiger partial charge in [0.15, 0.2) is 23.3 Å². The molecule has 0 aliphatic rings. The Morgan fingerprint density at radius 1 is 0.957 bits per heavy atom. The molecule has 1 aromatic rings. The third kappa shape index (κ3) is 3.69. The Labute approximate surface area is 129 Å². The molecule has 23 heavy (non-hydrogen) atoms. The molecule has 0 saturated carbocycles. The molecule has 0 amide bonds. The quantitative estimate of drug-likeness (QED) is 0.0922. The zero-order chi connectivity index (χ0) is 17.7. The number of ether oxygens (including phenoxy) is 2. The number of Topliss-reactive ketones (excluding diaryl/α,β-unsaturated/α-hetero) is 1. The molecule has 0 spiro atoms. The Kier molecular flexibility index (Phi) is 6.29. The summed E-state index contributed by atoms with van der Waals surface area (Å²) in [6.07, 6.45) is 0.707. The van der Waals surface area contributed by atoms with E-state index in [1.807, 2.05) is 0 Å². The first-order valence-electron chi connectivity index (χ1n) is 6.63. The number of halogens is 4. The smallest absolute Gasteiger partial charge is 0.345 e. The van der Waals surface area contributed by atoms with Gasteiger partial charge in [0.2, 0.25) is 5.78 Å².